The van der Waals surface area contributed by atoms with E-state index in [2.05, 4.69) is 0 Å². The van der Waals surface area contributed by atoms with Gasteiger partial charge in [0, 0.05) is 19.7 Å². The number of hydrogen-bond acceptors (Lipinski definition) is 4. The first-order chi connectivity index (χ1) is 11.1. The van der Waals surface area contributed by atoms with Crippen molar-refractivity contribution in [3.63, 3.8) is 0 Å². The molecule has 2 atom stereocenters. The summed E-state index contributed by atoms with van der Waals surface area (Å²) in [4.78, 5) is 27.8. The lowest BCUT2D eigenvalue weighted by Crippen LogP contribution is -2.46. The summed E-state index contributed by atoms with van der Waals surface area (Å²) in [5.41, 5.74) is -2.30. The van der Waals surface area contributed by atoms with E-state index in [0.717, 1.165) is 12.8 Å². The molecule has 0 N–H and O–H groups in total. The first-order valence-electron chi connectivity index (χ1n) is 8.61. The van der Waals surface area contributed by atoms with E-state index in [1.165, 1.54) is 16.7 Å². The van der Waals surface area contributed by atoms with Crippen LogP contribution in [0.2, 0.25) is 0 Å². The molecule has 2 rings (SSSR count). The molecule has 2 fully saturated rings. The first-order valence-corrected chi connectivity index (χ1v) is 8.61. The van der Waals surface area contributed by atoms with E-state index in [-0.39, 0.29) is 31.5 Å². The molecule has 0 aromatic carbocycles. The van der Waals surface area contributed by atoms with Crippen molar-refractivity contribution in [2.75, 3.05) is 39.4 Å². The summed E-state index contributed by atoms with van der Waals surface area (Å²) in [6.45, 7) is 8.32. The van der Waals surface area contributed by atoms with Gasteiger partial charge in [0.05, 0.1) is 25.6 Å². The fraction of sp³-hybridized carbons (Fsp3) is 0.882. The highest BCUT2D eigenvalue weighted by atomic mass is 19.1. The Labute approximate surface area is 143 Å². The largest absolute Gasteiger partial charge is 0.444 e. The van der Waals surface area contributed by atoms with Crippen LogP contribution in [-0.2, 0) is 14.3 Å². The van der Waals surface area contributed by atoms with Crippen molar-refractivity contribution in [3.05, 3.63) is 0 Å². The minimum absolute atomic E-state index is 0.0123. The van der Waals surface area contributed by atoms with Gasteiger partial charge in [-0.25, -0.2) is 9.18 Å². The summed E-state index contributed by atoms with van der Waals surface area (Å²) in [6.07, 6.45) is 1.08. The number of hydrogen-bond donors (Lipinski definition) is 0. The average molecular weight is 344 g/mol. The molecule has 2 aliphatic rings. The van der Waals surface area contributed by atoms with E-state index in [1.54, 1.807) is 20.8 Å². The first kappa shape index (κ1) is 19.0. The molecule has 6 nitrogen and oxygen atoms in total. The topological polar surface area (TPSA) is 59.1 Å². The molecule has 0 unspecified atom stereocenters. The van der Waals surface area contributed by atoms with Gasteiger partial charge in [0.1, 0.15) is 11.3 Å². The Morgan fingerprint density at radius 2 is 1.83 bits per heavy atom. The van der Waals surface area contributed by atoms with Crippen molar-refractivity contribution >= 4 is 12.0 Å². The second-order valence-electron chi connectivity index (χ2n) is 7.99. The number of carbonyl (C=O) groups excluding carboxylic acids is 2. The molecule has 2 saturated heterocycles. The third kappa shape index (κ3) is 5.33. The van der Waals surface area contributed by atoms with Crippen LogP contribution < -0.4 is 0 Å². The lowest BCUT2D eigenvalue weighted by atomic mass is 10.00. The van der Waals surface area contributed by atoms with Gasteiger partial charge in [-0.3, -0.25) is 4.79 Å². The molecule has 0 bridgehead atoms. The summed E-state index contributed by atoms with van der Waals surface area (Å²) in [5.74, 6) is -0.285. The molecule has 2 amide bonds. The van der Waals surface area contributed by atoms with E-state index in [9.17, 15) is 14.0 Å². The number of halogens is 1. The van der Waals surface area contributed by atoms with Gasteiger partial charge in [0.25, 0.3) is 0 Å². The zero-order chi connectivity index (χ0) is 18.0. The number of rotatable bonds is 1. The fourth-order valence-electron chi connectivity index (χ4n) is 3.11. The second kappa shape index (κ2) is 7.25. The summed E-state index contributed by atoms with van der Waals surface area (Å²) in [7, 11) is 0. The molecule has 2 heterocycles. The maximum Gasteiger partial charge on any atom is 0.410 e. The van der Waals surface area contributed by atoms with Crippen LogP contribution in [0.5, 0.6) is 0 Å². The quantitative estimate of drug-likeness (QED) is 0.732. The maximum absolute atomic E-state index is 14.9. The van der Waals surface area contributed by atoms with Crippen LogP contribution >= 0.6 is 0 Å². The fourth-order valence-corrected chi connectivity index (χ4v) is 3.11. The van der Waals surface area contributed by atoms with Crippen LogP contribution in [0, 0.1) is 5.92 Å². The number of ether oxygens (including phenoxy) is 2. The van der Waals surface area contributed by atoms with Gasteiger partial charge >= 0.3 is 6.09 Å². The normalized spacial score (nSPS) is 29.1. The van der Waals surface area contributed by atoms with E-state index in [0.29, 0.717) is 19.8 Å². The van der Waals surface area contributed by atoms with Crippen molar-refractivity contribution < 1.29 is 23.5 Å². The standard InChI is InChI=1S/C17H29FN2O4/c1-16(2,3)24-15(22)20-8-7-19(11-17(4,18)12-20)14(21)13-6-5-9-23-10-13/h13H,5-12H2,1-4H3/t13-,17-/m0/s1. The highest BCUT2D eigenvalue weighted by Crippen LogP contribution is 2.23. The van der Waals surface area contributed by atoms with Gasteiger partial charge in [-0.1, -0.05) is 0 Å². The van der Waals surface area contributed by atoms with Crippen LogP contribution in [0.25, 0.3) is 0 Å². The Hall–Kier alpha value is -1.37. The third-order valence-corrected chi connectivity index (χ3v) is 4.15. The highest BCUT2D eigenvalue weighted by Gasteiger charge is 2.39. The minimum Gasteiger partial charge on any atom is -0.444 e. The molecule has 0 aromatic rings. The SMILES string of the molecule is CC(C)(C)OC(=O)N1CCN(C(=O)[C@H]2CCCOC2)C[C@](C)(F)C1. The average Bonchev–Trinajstić information content (AvgIpc) is 2.64. The van der Waals surface area contributed by atoms with Crippen molar-refractivity contribution in [2.24, 2.45) is 5.92 Å². The molecular formula is C17H29FN2O4. The van der Waals surface area contributed by atoms with Crippen LogP contribution in [0.3, 0.4) is 0 Å². The van der Waals surface area contributed by atoms with Crippen LogP contribution in [0.15, 0.2) is 0 Å². The smallest absolute Gasteiger partial charge is 0.410 e. The third-order valence-electron chi connectivity index (χ3n) is 4.15. The van der Waals surface area contributed by atoms with E-state index in [1.807, 2.05) is 0 Å². The summed E-state index contributed by atoms with van der Waals surface area (Å²) < 4.78 is 25.6. The van der Waals surface area contributed by atoms with Crippen molar-refractivity contribution in [1.82, 2.24) is 9.80 Å². The maximum atomic E-state index is 14.9. The zero-order valence-corrected chi connectivity index (χ0v) is 15.1. The van der Waals surface area contributed by atoms with Gasteiger partial charge in [0.2, 0.25) is 5.91 Å². The van der Waals surface area contributed by atoms with Crippen molar-refractivity contribution in [2.45, 2.75) is 51.8 Å². The summed E-state index contributed by atoms with van der Waals surface area (Å²) in [5, 5.41) is 0. The van der Waals surface area contributed by atoms with Gasteiger partial charge < -0.3 is 19.3 Å². The number of alkyl halides is 1. The van der Waals surface area contributed by atoms with Crippen LogP contribution in [-0.4, -0.2) is 72.5 Å². The Morgan fingerprint density at radius 1 is 1.21 bits per heavy atom. The molecule has 7 heteroatoms. The number of nitrogens with zero attached hydrogens (tertiary/aromatic N) is 2. The molecule has 0 spiro atoms. The Kier molecular flexibility index (Phi) is 5.73. The van der Waals surface area contributed by atoms with Gasteiger partial charge in [-0.2, -0.15) is 0 Å². The van der Waals surface area contributed by atoms with Crippen LogP contribution in [0.1, 0.15) is 40.5 Å². The lowest BCUT2D eigenvalue weighted by Gasteiger charge is -2.31. The highest BCUT2D eigenvalue weighted by molar-refractivity contribution is 5.79. The minimum atomic E-state index is -1.67. The Morgan fingerprint density at radius 3 is 2.42 bits per heavy atom. The molecule has 138 valence electrons. The van der Waals surface area contributed by atoms with Gasteiger partial charge in [0.15, 0.2) is 0 Å². The molecule has 24 heavy (non-hydrogen) atoms. The molecule has 0 aromatic heterocycles. The van der Waals surface area contributed by atoms with E-state index >= 15 is 0 Å². The van der Waals surface area contributed by atoms with Gasteiger partial charge in [-0.15, -0.1) is 0 Å². The van der Waals surface area contributed by atoms with Gasteiger partial charge in [-0.05, 0) is 40.5 Å². The molecule has 2 aliphatic heterocycles. The molecule has 0 radical (unpaired) electrons. The predicted octanol–water partition coefficient (Wildman–Crippen LogP) is 2.22. The summed E-state index contributed by atoms with van der Waals surface area (Å²) in [6, 6.07) is 0. The van der Waals surface area contributed by atoms with E-state index in [4.69, 9.17) is 9.47 Å². The zero-order valence-electron chi connectivity index (χ0n) is 15.1. The van der Waals surface area contributed by atoms with Crippen molar-refractivity contribution in [3.8, 4) is 0 Å². The van der Waals surface area contributed by atoms with Crippen LogP contribution in [0.4, 0.5) is 9.18 Å². The lowest BCUT2D eigenvalue weighted by molar-refractivity contribution is -0.141. The Bertz CT molecular complexity index is 470. The predicted molar refractivity (Wildman–Crippen MR) is 87.4 cm³/mol. The monoisotopic (exact) mass is 344 g/mol. The second-order valence-corrected chi connectivity index (χ2v) is 7.99. The van der Waals surface area contributed by atoms with Crippen molar-refractivity contribution in [1.29, 1.82) is 0 Å². The summed E-state index contributed by atoms with van der Waals surface area (Å²) >= 11 is 0. The number of amides is 2. The molecule has 0 aliphatic carbocycles. The Balaban J connectivity index is 2.03. The molecule has 0 saturated carbocycles. The van der Waals surface area contributed by atoms with E-state index < -0.39 is 17.4 Å². The number of carbonyl (C=O) groups is 2. The molecular weight excluding hydrogens is 315 g/mol.